The Hall–Kier alpha value is -1.62. The van der Waals surface area contributed by atoms with E-state index >= 15 is 0 Å². The highest BCUT2D eigenvalue weighted by Gasteiger charge is 2.27. The number of ether oxygens (including phenoxy) is 2. The smallest absolute Gasteiger partial charge is 0.410 e. The Morgan fingerprint density at radius 1 is 1.30 bits per heavy atom. The van der Waals surface area contributed by atoms with Crippen LogP contribution in [0, 0.1) is 5.82 Å². The molecule has 0 unspecified atom stereocenters. The van der Waals surface area contributed by atoms with Gasteiger partial charge in [-0.15, -0.1) is 0 Å². The number of carbonyl (C=O) groups excluding carboxylic acids is 1. The molecule has 0 radical (unpaired) electrons. The highest BCUT2D eigenvalue weighted by Crippen LogP contribution is 2.17. The largest absolute Gasteiger partial charge is 0.444 e. The molecule has 1 aromatic carbocycles. The normalized spacial score (nSPS) is 16.4. The lowest BCUT2D eigenvalue weighted by Gasteiger charge is -2.33. The van der Waals surface area contributed by atoms with E-state index in [-0.39, 0.29) is 18.0 Å². The quantitative estimate of drug-likeness (QED) is 0.846. The molecule has 0 spiro atoms. The minimum atomic E-state index is -0.463. The highest BCUT2D eigenvalue weighted by molar-refractivity contribution is 5.68. The second-order valence-corrected chi connectivity index (χ2v) is 6.92. The molecule has 1 aliphatic heterocycles. The molecule has 4 nitrogen and oxygen atoms in total. The first-order valence-corrected chi connectivity index (χ1v) is 8.17. The van der Waals surface area contributed by atoms with Gasteiger partial charge in [-0.05, 0) is 57.7 Å². The van der Waals surface area contributed by atoms with Crippen LogP contribution in [0.4, 0.5) is 9.18 Å². The number of hydrogen-bond acceptors (Lipinski definition) is 3. The molecule has 0 bridgehead atoms. The van der Waals surface area contributed by atoms with Gasteiger partial charge in [0.1, 0.15) is 11.4 Å². The monoisotopic (exact) mass is 323 g/mol. The number of amides is 1. The minimum Gasteiger partial charge on any atom is -0.444 e. The molecule has 1 saturated heterocycles. The molecule has 1 aromatic rings. The summed E-state index contributed by atoms with van der Waals surface area (Å²) in [4.78, 5) is 13.7. The molecule has 1 fully saturated rings. The second kappa shape index (κ2) is 7.77. The van der Waals surface area contributed by atoms with Crippen LogP contribution in [-0.4, -0.2) is 42.4 Å². The van der Waals surface area contributed by atoms with Crippen LogP contribution in [0.15, 0.2) is 24.3 Å². The maximum Gasteiger partial charge on any atom is 0.410 e. The zero-order chi connectivity index (χ0) is 16.9. The van der Waals surface area contributed by atoms with Crippen molar-refractivity contribution in [2.75, 3.05) is 19.7 Å². The zero-order valence-electron chi connectivity index (χ0n) is 14.2. The fraction of sp³-hybridized carbons (Fsp3) is 0.611. The molecular weight excluding hydrogens is 297 g/mol. The summed E-state index contributed by atoms with van der Waals surface area (Å²) in [6.07, 6.45) is 2.22. The van der Waals surface area contributed by atoms with Crippen LogP contribution in [0.25, 0.3) is 0 Å². The van der Waals surface area contributed by atoms with E-state index in [1.807, 2.05) is 26.8 Å². The number of likely N-dealkylation sites (tertiary alicyclic amines) is 1. The van der Waals surface area contributed by atoms with E-state index in [9.17, 15) is 9.18 Å². The van der Waals surface area contributed by atoms with Crippen molar-refractivity contribution in [1.29, 1.82) is 0 Å². The van der Waals surface area contributed by atoms with E-state index in [0.717, 1.165) is 18.4 Å². The molecule has 0 atom stereocenters. The van der Waals surface area contributed by atoms with Crippen LogP contribution in [0.5, 0.6) is 0 Å². The lowest BCUT2D eigenvalue weighted by molar-refractivity contribution is -0.0105. The fourth-order valence-electron chi connectivity index (χ4n) is 2.57. The summed E-state index contributed by atoms with van der Waals surface area (Å²) >= 11 is 0. The lowest BCUT2D eigenvalue weighted by Crippen LogP contribution is -2.43. The summed E-state index contributed by atoms with van der Waals surface area (Å²) < 4.78 is 24.3. The second-order valence-electron chi connectivity index (χ2n) is 6.92. The Bertz CT molecular complexity index is 519. The molecule has 0 aliphatic carbocycles. The van der Waals surface area contributed by atoms with E-state index in [2.05, 4.69) is 0 Å². The predicted octanol–water partition coefficient (Wildman–Crippen LogP) is 3.78. The molecular formula is C18H26FNO3. The number of halogens is 1. The Balaban J connectivity index is 1.68. The van der Waals surface area contributed by atoms with Crippen molar-refractivity contribution in [2.45, 2.75) is 51.7 Å². The summed E-state index contributed by atoms with van der Waals surface area (Å²) in [6, 6.07) is 6.59. The van der Waals surface area contributed by atoms with Crippen molar-refractivity contribution >= 4 is 6.09 Å². The lowest BCUT2D eigenvalue weighted by atomic mass is 10.1. The van der Waals surface area contributed by atoms with Gasteiger partial charge in [-0.1, -0.05) is 12.1 Å². The Morgan fingerprint density at radius 3 is 2.61 bits per heavy atom. The van der Waals surface area contributed by atoms with Gasteiger partial charge in [0.2, 0.25) is 0 Å². The first-order valence-electron chi connectivity index (χ1n) is 8.17. The molecule has 1 amide bonds. The van der Waals surface area contributed by atoms with Gasteiger partial charge < -0.3 is 14.4 Å². The van der Waals surface area contributed by atoms with Gasteiger partial charge in [0.15, 0.2) is 0 Å². The van der Waals surface area contributed by atoms with Gasteiger partial charge in [-0.2, -0.15) is 0 Å². The van der Waals surface area contributed by atoms with Crippen LogP contribution < -0.4 is 0 Å². The average Bonchev–Trinajstić information content (AvgIpc) is 2.46. The molecule has 5 heteroatoms. The number of benzene rings is 1. The summed E-state index contributed by atoms with van der Waals surface area (Å²) in [5.41, 5.74) is 0.478. The van der Waals surface area contributed by atoms with Gasteiger partial charge in [-0.3, -0.25) is 0 Å². The van der Waals surface area contributed by atoms with Crippen molar-refractivity contribution in [1.82, 2.24) is 4.90 Å². The summed E-state index contributed by atoms with van der Waals surface area (Å²) in [5.74, 6) is -0.215. The molecule has 2 rings (SSSR count). The van der Waals surface area contributed by atoms with E-state index in [1.165, 1.54) is 12.1 Å². The van der Waals surface area contributed by atoms with E-state index in [1.54, 1.807) is 11.0 Å². The van der Waals surface area contributed by atoms with Gasteiger partial charge >= 0.3 is 6.09 Å². The number of rotatable bonds is 4. The third-order valence-electron chi connectivity index (χ3n) is 3.73. The molecule has 0 N–H and O–H groups in total. The van der Waals surface area contributed by atoms with Crippen molar-refractivity contribution in [2.24, 2.45) is 0 Å². The number of hydrogen-bond donors (Lipinski definition) is 0. The number of carbonyl (C=O) groups is 1. The first-order chi connectivity index (χ1) is 10.8. The Labute approximate surface area is 137 Å². The summed E-state index contributed by atoms with van der Waals surface area (Å²) in [7, 11) is 0. The Morgan fingerprint density at radius 2 is 2.00 bits per heavy atom. The standard InChI is InChI=1S/C18H26FNO3/c1-18(2,3)23-17(21)20-10-7-16(8-11-20)22-12-9-14-5-4-6-15(19)13-14/h4-6,13,16H,7-12H2,1-3H3. The van der Waals surface area contributed by atoms with Gasteiger partial charge in [0.25, 0.3) is 0 Å². The zero-order valence-corrected chi connectivity index (χ0v) is 14.2. The van der Waals surface area contributed by atoms with Crippen molar-refractivity contribution in [3.05, 3.63) is 35.6 Å². The minimum absolute atomic E-state index is 0.155. The van der Waals surface area contributed by atoms with Crippen molar-refractivity contribution in [3.8, 4) is 0 Å². The van der Waals surface area contributed by atoms with Crippen LogP contribution in [-0.2, 0) is 15.9 Å². The molecule has 128 valence electrons. The third kappa shape index (κ3) is 6.18. The van der Waals surface area contributed by atoms with E-state index in [0.29, 0.717) is 26.1 Å². The molecule has 1 heterocycles. The summed E-state index contributed by atoms with van der Waals surface area (Å²) in [5, 5.41) is 0. The topological polar surface area (TPSA) is 38.8 Å². The summed E-state index contributed by atoms with van der Waals surface area (Å²) in [6.45, 7) is 7.48. The van der Waals surface area contributed by atoms with Gasteiger partial charge in [-0.25, -0.2) is 9.18 Å². The Kier molecular flexibility index (Phi) is 5.99. The predicted molar refractivity (Wildman–Crippen MR) is 86.9 cm³/mol. The highest BCUT2D eigenvalue weighted by atomic mass is 19.1. The van der Waals surface area contributed by atoms with Crippen LogP contribution in [0.2, 0.25) is 0 Å². The van der Waals surface area contributed by atoms with E-state index < -0.39 is 5.60 Å². The van der Waals surface area contributed by atoms with E-state index in [4.69, 9.17) is 9.47 Å². The molecule has 1 aliphatic rings. The molecule has 0 aromatic heterocycles. The van der Waals surface area contributed by atoms with Gasteiger partial charge in [0.05, 0.1) is 12.7 Å². The maximum atomic E-state index is 13.1. The third-order valence-corrected chi connectivity index (χ3v) is 3.73. The van der Waals surface area contributed by atoms with Crippen molar-refractivity contribution in [3.63, 3.8) is 0 Å². The van der Waals surface area contributed by atoms with Crippen LogP contribution in [0.3, 0.4) is 0 Å². The number of piperidine rings is 1. The average molecular weight is 323 g/mol. The van der Waals surface area contributed by atoms with Crippen LogP contribution >= 0.6 is 0 Å². The van der Waals surface area contributed by atoms with Crippen LogP contribution in [0.1, 0.15) is 39.2 Å². The maximum absolute atomic E-state index is 13.1. The SMILES string of the molecule is CC(C)(C)OC(=O)N1CCC(OCCc2cccc(F)c2)CC1. The van der Waals surface area contributed by atoms with Crippen molar-refractivity contribution < 1.29 is 18.7 Å². The fourth-order valence-corrected chi connectivity index (χ4v) is 2.57. The number of nitrogens with zero attached hydrogens (tertiary/aromatic N) is 1. The molecule has 0 saturated carbocycles. The molecule has 23 heavy (non-hydrogen) atoms. The first kappa shape index (κ1) is 17.7. The van der Waals surface area contributed by atoms with Gasteiger partial charge in [0, 0.05) is 13.1 Å².